The summed E-state index contributed by atoms with van der Waals surface area (Å²) in [6, 6.07) is 113. The maximum atomic E-state index is 12.9. The van der Waals surface area contributed by atoms with E-state index in [4.69, 9.17) is 0 Å². The molecular weight excluding hydrogens is 1160 g/mol. The Bertz CT molecular complexity index is 5020. The minimum Gasteiger partial charge on any atom is -0.308 e. The van der Waals surface area contributed by atoms with Crippen LogP contribution in [0.2, 0.25) is 0 Å². The molecule has 2 atom stereocenters. The molecule has 0 aliphatic heterocycles. The number of hydrogen-bond donors (Lipinski definition) is 0. The summed E-state index contributed by atoms with van der Waals surface area (Å²) in [4.78, 5) is 4.86. The molecule has 13 aromatic carbocycles. The molecule has 456 valence electrons. The van der Waals surface area contributed by atoms with Crippen LogP contribution in [0.3, 0.4) is 0 Å². The predicted molar refractivity (Wildman–Crippen MR) is 393 cm³/mol. The summed E-state index contributed by atoms with van der Waals surface area (Å²) in [5.74, 6) is 0. The molecule has 2 spiro atoms. The molecule has 0 bridgehead atoms. The lowest BCUT2D eigenvalue weighted by Gasteiger charge is -2.50. The fourth-order valence-corrected chi connectivity index (χ4v) is 18.3. The lowest BCUT2D eigenvalue weighted by molar-refractivity contribution is 0.284. The Hall–Kier alpha value is -11.6. The van der Waals surface area contributed by atoms with Crippen molar-refractivity contribution in [3.05, 3.63) is 358 Å². The van der Waals surface area contributed by atoms with Gasteiger partial charge in [0, 0.05) is 22.5 Å². The van der Waals surface area contributed by atoms with E-state index < -0.39 is 21.7 Å². The number of nitrogens with zero attached hydrogens (tertiary/aromatic N) is 4. The van der Waals surface area contributed by atoms with Gasteiger partial charge in [0.2, 0.25) is 0 Å². The number of benzene rings is 13. The molecule has 0 saturated carbocycles. The highest BCUT2D eigenvalue weighted by molar-refractivity contribution is 6.06. The average Bonchev–Trinajstić information content (AvgIpc) is 1.48. The predicted octanol–water partition coefficient (Wildman–Crippen LogP) is 23.5. The summed E-state index contributed by atoms with van der Waals surface area (Å²) in [5, 5.41) is 25.8. The summed E-state index contributed by atoms with van der Waals surface area (Å²) in [7, 11) is 0. The van der Waals surface area contributed by atoms with Crippen molar-refractivity contribution in [2.75, 3.05) is 9.80 Å². The van der Waals surface area contributed by atoms with Gasteiger partial charge in [0.15, 0.2) is 0 Å². The van der Waals surface area contributed by atoms with Crippen LogP contribution in [-0.2, 0) is 21.7 Å². The number of rotatable bonds is 10. The van der Waals surface area contributed by atoms with E-state index in [0.717, 1.165) is 115 Å². The molecule has 0 saturated heterocycles. The summed E-state index contributed by atoms with van der Waals surface area (Å²) >= 11 is 0. The van der Waals surface area contributed by atoms with Crippen LogP contribution in [0.4, 0.5) is 34.1 Å². The van der Waals surface area contributed by atoms with E-state index >= 15 is 0 Å². The third-order valence-electron chi connectivity index (χ3n) is 23.1. The highest BCUT2D eigenvalue weighted by Crippen LogP contribution is 2.69. The van der Waals surface area contributed by atoms with E-state index in [0.29, 0.717) is 11.1 Å². The molecule has 5 aliphatic rings. The van der Waals surface area contributed by atoms with Crippen LogP contribution >= 0.6 is 0 Å². The van der Waals surface area contributed by atoms with Gasteiger partial charge in [-0.2, -0.15) is 10.5 Å². The second-order valence-electron chi connectivity index (χ2n) is 27.4. The molecule has 0 amide bonds. The van der Waals surface area contributed by atoms with Gasteiger partial charge in [-0.25, -0.2) is 0 Å². The summed E-state index contributed by atoms with van der Waals surface area (Å²) in [6.07, 6.45) is 3.33. The number of anilines is 6. The van der Waals surface area contributed by atoms with Gasteiger partial charge in [-0.3, -0.25) is 0 Å². The fraction of sp³-hybridized carbons (Fsp3) is 0.130. The van der Waals surface area contributed by atoms with Crippen LogP contribution in [0.25, 0.3) is 66.8 Å². The van der Waals surface area contributed by atoms with Gasteiger partial charge < -0.3 is 9.80 Å². The van der Waals surface area contributed by atoms with E-state index in [2.05, 4.69) is 341 Å². The van der Waals surface area contributed by atoms with Gasteiger partial charge in [-0.15, -0.1) is 0 Å². The molecule has 18 rings (SSSR count). The second-order valence-corrected chi connectivity index (χ2v) is 27.4. The van der Waals surface area contributed by atoms with Crippen molar-refractivity contribution in [3.63, 3.8) is 0 Å². The molecule has 0 heterocycles. The van der Waals surface area contributed by atoms with Crippen molar-refractivity contribution >= 4 is 34.1 Å². The number of fused-ring (bicyclic) bond motifs is 21. The maximum Gasteiger partial charge on any atom is 0.103 e. The monoisotopic (exact) mass is 1230 g/mol. The van der Waals surface area contributed by atoms with Gasteiger partial charge >= 0.3 is 0 Å². The third kappa shape index (κ3) is 7.64. The van der Waals surface area contributed by atoms with Crippen LogP contribution in [0, 0.1) is 22.7 Å². The number of hydrogen-bond acceptors (Lipinski definition) is 4. The molecule has 4 heteroatoms. The number of nitriles is 2. The first-order valence-corrected chi connectivity index (χ1v) is 34.0. The van der Waals surface area contributed by atoms with Gasteiger partial charge in [0.05, 0.1) is 44.7 Å². The smallest absolute Gasteiger partial charge is 0.103 e. The van der Waals surface area contributed by atoms with Gasteiger partial charge in [-0.1, -0.05) is 282 Å². The quantitative estimate of drug-likeness (QED) is 0.137. The first-order valence-electron chi connectivity index (χ1n) is 34.0. The van der Waals surface area contributed by atoms with Crippen LogP contribution in [-0.4, -0.2) is 0 Å². The Kier molecular flexibility index (Phi) is 12.8. The Morgan fingerprint density at radius 1 is 0.302 bits per heavy atom. The Balaban J connectivity index is 0.980. The second kappa shape index (κ2) is 21.5. The summed E-state index contributed by atoms with van der Waals surface area (Å²) in [6.45, 7) is 9.55. The zero-order valence-corrected chi connectivity index (χ0v) is 54.3. The fourth-order valence-electron chi connectivity index (χ4n) is 18.3. The van der Waals surface area contributed by atoms with Crippen molar-refractivity contribution in [3.8, 4) is 78.9 Å². The lowest BCUT2D eigenvalue weighted by Crippen LogP contribution is -2.40. The van der Waals surface area contributed by atoms with Crippen LogP contribution in [0.1, 0.15) is 120 Å². The molecule has 0 N–H and O–H groups in total. The SMILES string of the molecule is CCC1(C)CCC(C)(CC)c2c(N(c3ccc(-c4ccccc4)cc3)c3cccc4c3-c3ccccc3C43c4ccccc4-c4ccccc43)c(C#N)c(C#N)c(N(c3ccc(-c4ccccc4)cc3)c3cccc4c3-c3ccccc3C43c4ccccc4-c4ccccc43)c21. The van der Waals surface area contributed by atoms with Crippen molar-refractivity contribution < 1.29 is 0 Å². The van der Waals surface area contributed by atoms with E-state index in [1.807, 2.05) is 0 Å². The van der Waals surface area contributed by atoms with E-state index in [-0.39, 0.29) is 0 Å². The first-order chi connectivity index (χ1) is 47.2. The van der Waals surface area contributed by atoms with Gasteiger partial charge in [-0.05, 0) is 184 Å². The van der Waals surface area contributed by atoms with Crippen molar-refractivity contribution in [1.29, 1.82) is 10.5 Å². The molecule has 2 unspecified atom stereocenters. The van der Waals surface area contributed by atoms with Crippen molar-refractivity contribution in [1.82, 2.24) is 0 Å². The summed E-state index contributed by atoms with van der Waals surface area (Å²) in [5.41, 5.74) is 29.7. The standard InChI is InChI=1S/C92H68N4/c1-5-89(3)55-56-90(4,6-2)86-85(89)87(95(63-51-47-61(48-52-63)59-27-9-7-10-28-59)81-45-25-43-79-83(81)69-35-17-23-41-77(69)91(79)73-37-19-13-31-65(73)66-32-14-20-38-74(66)91)71(57-93)72(58-94)88(86)96(64-53-49-62(50-54-64)60-29-11-8-12-30-60)82-46-26-44-80-84(82)70-36-18-24-42-78(70)92(80)75-39-21-15-33-67(75)68-34-16-22-40-76(68)92/h7-54H,5-6,55-56H2,1-4H3. The molecule has 0 radical (unpaired) electrons. The summed E-state index contributed by atoms with van der Waals surface area (Å²) < 4.78 is 0. The largest absolute Gasteiger partial charge is 0.308 e. The molecule has 13 aromatic rings. The van der Waals surface area contributed by atoms with E-state index in [9.17, 15) is 10.5 Å². The Labute approximate surface area is 563 Å². The highest BCUT2D eigenvalue weighted by atomic mass is 15.2. The van der Waals surface area contributed by atoms with Crippen LogP contribution < -0.4 is 9.80 Å². The zero-order chi connectivity index (χ0) is 64.7. The minimum atomic E-state index is -0.637. The zero-order valence-electron chi connectivity index (χ0n) is 54.3. The minimum absolute atomic E-state index is 0.350. The Morgan fingerprint density at radius 3 is 0.885 bits per heavy atom. The van der Waals surface area contributed by atoms with Crippen LogP contribution in [0.5, 0.6) is 0 Å². The molecule has 0 fully saturated rings. The average molecular weight is 1230 g/mol. The maximum absolute atomic E-state index is 12.9. The van der Waals surface area contributed by atoms with Gasteiger partial charge in [0.25, 0.3) is 0 Å². The van der Waals surface area contributed by atoms with E-state index in [1.54, 1.807) is 0 Å². The molecule has 4 nitrogen and oxygen atoms in total. The van der Waals surface area contributed by atoms with Crippen molar-refractivity contribution in [2.45, 2.75) is 75.0 Å². The molecule has 5 aliphatic carbocycles. The van der Waals surface area contributed by atoms with Gasteiger partial charge in [0.1, 0.15) is 12.1 Å². The highest BCUT2D eigenvalue weighted by Gasteiger charge is 2.56. The molecule has 0 aromatic heterocycles. The van der Waals surface area contributed by atoms with Crippen molar-refractivity contribution in [2.24, 2.45) is 0 Å². The first kappa shape index (κ1) is 57.1. The Morgan fingerprint density at radius 2 is 0.573 bits per heavy atom. The van der Waals surface area contributed by atoms with Crippen LogP contribution in [0.15, 0.2) is 291 Å². The third-order valence-corrected chi connectivity index (χ3v) is 23.1. The lowest BCUT2D eigenvalue weighted by atomic mass is 9.58. The normalized spacial score (nSPS) is 17.0. The molecule has 96 heavy (non-hydrogen) atoms. The molecular formula is C92H68N4. The topological polar surface area (TPSA) is 54.1 Å². The van der Waals surface area contributed by atoms with E-state index in [1.165, 1.54) is 66.8 Å².